The van der Waals surface area contributed by atoms with E-state index in [2.05, 4.69) is 10.6 Å². The van der Waals surface area contributed by atoms with Gasteiger partial charge in [-0.3, -0.25) is 4.79 Å². The molecule has 124 valence electrons. The first kappa shape index (κ1) is 18.9. The SMILES string of the molecule is C[C@H]1OCCN[C@@H]1C(=O)NCc1cccc(S(N)(=O)=O)c1.Cl. The summed E-state index contributed by atoms with van der Waals surface area (Å²) in [5.74, 6) is -0.178. The average molecular weight is 350 g/mol. The van der Waals surface area contributed by atoms with E-state index in [-0.39, 0.29) is 35.9 Å². The fraction of sp³-hybridized carbons (Fsp3) is 0.462. The second-order valence-electron chi connectivity index (χ2n) is 4.92. The van der Waals surface area contributed by atoms with E-state index < -0.39 is 16.1 Å². The van der Waals surface area contributed by atoms with Crippen molar-refractivity contribution in [3.05, 3.63) is 29.8 Å². The van der Waals surface area contributed by atoms with Gasteiger partial charge in [-0.15, -0.1) is 12.4 Å². The molecule has 0 bridgehead atoms. The first-order valence-corrected chi connectivity index (χ1v) is 8.17. The number of hydrogen-bond donors (Lipinski definition) is 3. The molecule has 1 aromatic rings. The molecule has 0 unspecified atom stereocenters. The number of amides is 1. The Morgan fingerprint density at radius 3 is 2.86 bits per heavy atom. The van der Waals surface area contributed by atoms with E-state index in [1.807, 2.05) is 6.92 Å². The monoisotopic (exact) mass is 349 g/mol. The number of carbonyl (C=O) groups excluding carboxylic acids is 1. The van der Waals surface area contributed by atoms with Crippen LogP contribution >= 0.6 is 12.4 Å². The van der Waals surface area contributed by atoms with Crippen molar-refractivity contribution in [1.29, 1.82) is 0 Å². The minimum absolute atomic E-state index is 0. The van der Waals surface area contributed by atoms with Gasteiger partial charge >= 0.3 is 0 Å². The van der Waals surface area contributed by atoms with Gasteiger partial charge in [0.2, 0.25) is 15.9 Å². The van der Waals surface area contributed by atoms with Crippen LogP contribution < -0.4 is 15.8 Å². The number of hydrogen-bond acceptors (Lipinski definition) is 5. The summed E-state index contributed by atoms with van der Waals surface area (Å²) in [7, 11) is -3.74. The summed E-state index contributed by atoms with van der Waals surface area (Å²) < 4.78 is 28.0. The summed E-state index contributed by atoms with van der Waals surface area (Å²) >= 11 is 0. The van der Waals surface area contributed by atoms with Gasteiger partial charge in [-0.25, -0.2) is 13.6 Å². The van der Waals surface area contributed by atoms with Gasteiger partial charge in [0.1, 0.15) is 6.04 Å². The molecule has 7 nitrogen and oxygen atoms in total. The first-order valence-electron chi connectivity index (χ1n) is 6.62. The normalized spacial score (nSPS) is 21.7. The van der Waals surface area contributed by atoms with Crippen LogP contribution in [0.3, 0.4) is 0 Å². The number of halogens is 1. The predicted molar refractivity (Wildman–Crippen MR) is 84.1 cm³/mol. The molecule has 1 amide bonds. The Morgan fingerprint density at radius 2 is 2.23 bits per heavy atom. The van der Waals surface area contributed by atoms with Crippen molar-refractivity contribution < 1.29 is 17.9 Å². The zero-order valence-electron chi connectivity index (χ0n) is 12.1. The van der Waals surface area contributed by atoms with Gasteiger partial charge in [0.15, 0.2) is 0 Å². The quantitative estimate of drug-likeness (QED) is 0.694. The highest BCUT2D eigenvalue weighted by Gasteiger charge is 2.27. The highest BCUT2D eigenvalue weighted by molar-refractivity contribution is 7.89. The lowest BCUT2D eigenvalue weighted by Crippen LogP contribution is -2.55. The molecule has 0 aliphatic carbocycles. The van der Waals surface area contributed by atoms with Crippen molar-refractivity contribution in [2.75, 3.05) is 13.2 Å². The Balaban J connectivity index is 0.00000242. The third-order valence-corrected chi connectivity index (χ3v) is 4.20. The van der Waals surface area contributed by atoms with Crippen molar-refractivity contribution >= 4 is 28.3 Å². The van der Waals surface area contributed by atoms with Crippen molar-refractivity contribution in [2.45, 2.75) is 30.5 Å². The lowest BCUT2D eigenvalue weighted by Gasteiger charge is -2.29. The Kier molecular flexibility index (Phi) is 6.76. The summed E-state index contributed by atoms with van der Waals surface area (Å²) in [6, 6.07) is 5.78. The number of primary sulfonamides is 1. The molecule has 2 rings (SSSR count). The average Bonchev–Trinajstić information content (AvgIpc) is 2.45. The largest absolute Gasteiger partial charge is 0.375 e. The Hall–Kier alpha value is -1.19. The van der Waals surface area contributed by atoms with Crippen LogP contribution in [0, 0.1) is 0 Å². The minimum atomic E-state index is -3.74. The summed E-state index contributed by atoms with van der Waals surface area (Å²) in [5.41, 5.74) is 0.666. The van der Waals surface area contributed by atoms with E-state index in [1.165, 1.54) is 12.1 Å². The zero-order valence-corrected chi connectivity index (χ0v) is 13.7. The molecular weight excluding hydrogens is 330 g/mol. The topological polar surface area (TPSA) is 111 Å². The molecule has 1 aliphatic heterocycles. The van der Waals surface area contributed by atoms with Crippen molar-refractivity contribution in [3.63, 3.8) is 0 Å². The standard InChI is InChI=1S/C13H19N3O4S.ClH/c1-9-12(15-5-6-20-9)13(17)16-8-10-3-2-4-11(7-10)21(14,18)19;/h2-4,7,9,12,15H,5-6,8H2,1H3,(H,16,17)(H2,14,18,19);1H/t9-,12+;/m1./s1. The lowest BCUT2D eigenvalue weighted by atomic mass is 10.1. The summed E-state index contributed by atoms with van der Waals surface area (Å²) in [6.45, 7) is 3.27. The number of nitrogens with one attached hydrogen (secondary N) is 2. The molecule has 1 aliphatic rings. The fourth-order valence-electron chi connectivity index (χ4n) is 2.16. The number of sulfonamides is 1. The maximum Gasteiger partial charge on any atom is 0.240 e. The molecule has 0 spiro atoms. The summed E-state index contributed by atoms with van der Waals surface area (Å²) in [4.78, 5) is 12.1. The number of morpholine rings is 1. The molecule has 0 aromatic heterocycles. The summed E-state index contributed by atoms with van der Waals surface area (Å²) in [5, 5.41) is 10.9. The van der Waals surface area contributed by atoms with Crippen LogP contribution in [0.1, 0.15) is 12.5 Å². The minimum Gasteiger partial charge on any atom is -0.375 e. The van der Waals surface area contributed by atoms with Gasteiger partial charge in [0.05, 0.1) is 17.6 Å². The Labute approximate surface area is 136 Å². The molecule has 4 N–H and O–H groups in total. The van der Waals surface area contributed by atoms with E-state index in [9.17, 15) is 13.2 Å². The van der Waals surface area contributed by atoms with Crippen LogP contribution in [0.15, 0.2) is 29.2 Å². The molecular formula is C13H20ClN3O4S. The fourth-order valence-corrected chi connectivity index (χ4v) is 2.74. The van der Waals surface area contributed by atoms with Crippen LogP contribution in [0.2, 0.25) is 0 Å². The van der Waals surface area contributed by atoms with Crippen LogP contribution in [-0.2, 0) is 26.1 Å². The number of carbonyl (C=O) groups is 1. The van der Waals surface area contributed by atoms with E-state index in [0.29, 0.717) is 18.7 Å². The third kappa shape index (κ3) is 4.92. The van der Waals surface area contributed by atoms with Gasteiger partial charge in [0, 0.05) is 13.1 Å². The number of ether oxygens (including phenoxy) is 1. The Bertz CT molecular complexity index is 623. The van der Waals surface area contributed by atoms with Gasteiger partial charge in [-0.1, -0.05) is 12.1 Å². The van der Waals surface area contributed by atoms with Crippen LogP contribution in [0.25, 0.3) is 0 Å². The number of benzene rings is 1. The van der Waals surface area contributed by atoms with Gasteiger partial charge in [-0.05, 0) is 24.6 Å². The maximum atomic E-state index is 12.1. The smallest absolute Gasteiger partial charge is 0.240 e. The summed E-state index contributed by atoms with van der Waals surface area (Å²) in [6.07, 6.45) is -0.200. The highest BCUT2D eigenvalue weighted by Crippen LogP contribution is 2.10. The molecule has 0 saturated carbocycles. The Morgan fingerprint density at radius 1 is 1.50 bits per heavy atom. The zero-order chi connectivity index (χ0) is 15.5. The number of rotatable bonds is 4. The van der Waals surface area contributed by atoms with E-state index >= 15 is 0 Å². The van der Waals surface area contributed by atoms with Crippen molar-refractivity contribution in [1.82, 2.24) is 10.6 Å². The molecule has 1 saturated heterocycles. The van der Waals surface area contributed by atoms with E-state index in [4.69, 9.17) is 9.88 Å². The molecule has 22 heavy (non-hydrogen) atoms. The molecule has 1 heterocycles. The van der Waals surface area contributed by atoms with Crippen LogP contribution in [0.5, 0.6) is 0 Å². The van der Waals surface area contributed by atoms with Crippen LogP contribution in [0.4, 0.5) is 0 Å². The second-order valence-corrected chi connectivity index (χ2v) is 6.48. The van der Waals surface area contributed by atoms with E-state index in [0.717, 1.165) is 0 Å². The van der Waals surface area contributed by atoms with Crippen molar-refractivity contribution in [3.8, 4) is 0 Å². The van der Waals surface area contributed by atoms with Crippen molar-refractivity contribution in [2.24, 2.45) is 5.14 Å². The second kappa shape index (κ2) is 7.89. The molecule has 0 radical (unpaired) electrons. The molecule has 1 fully saturated rings. The lowest BCUT2D eigenvalue weighted by molar-refractivity contribution is -0.129. The van der Waals surface area contributed by atoms with Gasteiger partial charge < -0.3 is 15.4 Å². The molecule has 1 aromatic carbocycles. The molecule has 9 heteroatoms. The predicted octanol–water partition coefficient (Wildman–Crippen LogP) is -0.251. The maximum absolute atomic E-state index is 12.1. The number of nitrogens with two attached hydrogens (primary N) is 1. The van der Waals surface area contributed by atoms with Gasteiger partial charge in [-0.2, -0.15) is 0 Å². The van der Waals surface area contributed by atoms with Crippen LogP contribution in [-0.4, -0.2) is 39.6 Å². The molecule has 2 atom stereocenters. The third-order valence-electron chi connectivity index (χ3n) is 3.29. The van der Waals surface area contributed by atoms with E-state index in [1.54, 1.807) is 12.1 Å². The van der Waals surface area contributed by atoms with Gasteiger partial charge in [0.25, 0.3) is 0 Å². The first-order chi connectivity index (χ1) is 9.88. The highest BCUT2D eigenvalue weighted by atomic mass is 35.5.